The molecule has 110 valence electrons. The molecule has 1 atom stereocenters. The zero-order valence-corrected chi connectivity index (χ0v) is 12.4. The van der Waals surface area contributed by atoms with Gasteiger partial charge in [0.25, 0.3) is 5.91 Å². The van der Waals surface area contributed by atoms with Crippen LogP contribution in [0.15, 0.2) is 42.0 Å². The number of ether oxygens (including phenoxy) is 1. The van der Waals surface area contributed by atoms with E-state index in [0.717, 1.165) is 19.5 Å². The molecule has 2 rings (SSSR count). The number of hydrogen-bond acceptors (Lipinski definition) is 3. The molecule has 20 heavy (non-hydrogen) atoms. The highest BCUT2D eigenvalue weighted by molar-refractivity contribution is 5.85. The Morgan fingerprint density at radius 3 is 2.80 bits per heavy atom. The highest BCUT2D eigenvalue weighted by Gasteiger charge is 2.14. The van der Waals surface area contributed by atoms with Crippen LogP contribution in [-0.2, 0) is 4.79 Å². The third kappa shape index (κ3) is 5.23. The van der Waals surface area contributed by atoms with Gasteiger partial charge in [0.05, 0.1) is 0 Å². The van der Waals surface area contributed by atoms with E-state index in [0.29, 0.717) is 12.3 Å². The maximum Gasteiger partial charge on any atom is 0.261 e. The molecule has 1 amide bonds. The molecule has 1 heterocycles. The molecule has 0 aromatic heterocycles. The number of para-hydroxylation sites is 1. The lowest BCUT2D eigenvalue weighted by Gasteiger charge is -2.17. The summed E-state index contributed by atoms with van der Waals surface area (Å²) in [5.41, 5.74) is 1.28. The van der Waals surface area contributed by atoms with E-state index in [-0.39, 0.29) is 18.3 Å². The van der Waals surface area contributed by atoms with E-state index in [1.54, 1.807) is 6.92 Å². The number of nitrogens with one attached hydrogen (secondary N) is 2. The zero-order chi connectivity index (χ0) is 13.5. The smallest absolute Gasteiger partial charge is 0.261 e. The van der Waals surface area contributed by atoms with Crippen molar-refractivity contribution >= 4 is 18.3 Å². The Morgan fingerprint density at radius 1 is 1.40 bits per heavy atom. The minimum atomic E-state index is -0.482. The van der Waals surface area contributed by atoms with Gasteiger partial charge in [-0.3, -0.25) is 4.79 Å². The van der Waals surface area contributed by atoms with Gasteiger partial charge in [-0.05, 0) is 32.0 Å². The van der Waals surface area contributed by atoms with Crippen LogP contribution in [0.5, 0.6) is 5.75 Å². The highest BCUT2D eigenvalue weighted by atomic mass is 35.5. The fraction of sp³-hybridized carbons (Fsp3) is 0.400. The maximum absolute atomic E-state index is 11.9. The van der Waals surface area contributed by atoms with Gasteiger partial charge in [0.2, 0.25) is 0 Å². The van der Waals surface area contributed by atoms with Gasteiger partial charge >= 0.3 is 0 Å². The van der Waals surface area contributed by atoms with Gasteiger partial charge in [0.15, 0.2) is 6.10 Å². The van der Waals surface area contributed by atoms with Crippen LogP contribution >= 0.6 is 12.4 Å². The first kappa shape index (κ1) is 16.5. The van der Waals surface area contributed by atoms with Gasteiger partial charge in [-0.1, -0.05) is 29.8 Å². The molecule has 5 heteroatoms. The lowest BCUT2D eigenvalue weighted by Crippen LogP contribution is -2.38. The molecule has 2 N–H and O–H groups in total. The van der Waals surface area contributed by atoms with Gasteiger partial charge in [0.1, 0.15) is 5.75 Å². The molecule has 4 nitrogen and oxygen atoms in total. The minimum absolute atomic E-state index is 0. The number of rotatable bonds is 5. The summed E-state index contributed by atoms with van der Waals surface area (Å²) in [5.74, 6) is 0.634. The van der Waals surface area contributed by atoms with Crippen LogP contribution < -0.4 is 15.4 Å². The van der Waals surface area contributed by atoms with E-state index in [4.69, 9.17) is 4.74 Å². The lowest BCUT2D eigenvalue weighted by atomic mass is 10.1. The van der Waals surface area contributed by atoms with Gasteiger partial charge in [-0.15, -0.1) is 12.4 Å². The van der Waals surface area contributed by atoms with Crippen LogP contribution in [0.25, 0.3) is 0 Å². The average Bonchev–Trinajstić information content (AvgIpc) is 2.47. The molecule has 0 bridgehead atoms. The van der Waals surface area contributed by atoms with Gasteiger partial charge in [0, 0.05) is 13.1 Å². The van der Waals surface area contributed by atoms with E-state index in [2.05, 4.69) is 16.7 Å². The Hall–Kier alpha value is -1.52. The number of amides is 1. The topological polar surface area (TPSA) is 50.4 Å². The zero-order valence-electron chi connectivity index (χ0n) is 11.6. The number of hydrogen-bond donors (Lipinski definition) is 2. The van der Waals surface area contributed by atoms with Crippen molar-refractivity contribution in [3.05, 3.63) is 42.0 Å². The summed E-state index contributed by atoms with van der Waals surface area (Å²) < 4.78 is 5.57. The molecule has 0 saturated carbocycles. The Balaban J connectivity index is 0.00000200. The van der Waals surface area contributed by atoms with E-state index in [9.17, 15) is 4.79 Å². The van der Waals surface area contributed by atoms with Crippen molar-refractivity contribution in [1.29, 1.82) is 0 Å². The van der Waals surface area contributed by atoms with Gasteiger partial charge < -0.3 is 15.4 Å². The molecular formula is C15H21ClN2O2. The second-order valence-corrected chi connectivity index (χ2v) is 4.61. The van der Waals surface area contributed by atoms with Crippen molar-refractivity contribution in [2.45, 2.75) is 19.4 Å². The second kappa shape index (κ2) is 8.61. The third-order valence-electron chi connectivity index (χ3n) is 3.07. The summed E-state index contributed by atoms with van der Waals surface area (Å²) in [5, 5.41) is 6.16. The standard InChI is InChI=1S/C15H20N2O2.ClH/c1-12(19-14-5-3-2-4-6-14)15(18)17-11-13-7-9-16-10-8-13;/h2-7,12,16H,8-11H2,1H3,(H,17,18);1H. The summed E-state index contributed by atoms with van der Waals surface area (Å²) in [6.45, 7) is 4.25. The number of halogens is 1. The molecule has 1 aliphatic rings. The molecule has 1 aromatic rings. The highest BCUT2D eigenvalue weighted by Crippen LogP contribution is 2.11. The van der Waals surface area contributed by atoms with Crippen LogP contribution in [-0.4, -0.2) is 31.6 Å². The Morgan fingerprint density at radius 2 is 2.15 bits per heavy atom. The molecule has 1 aromatic carbocycles. The van der Waals surface area contributed by atoms with Crippen LogP contribution in [0.3, 0.4) is 0 Å². The molecule has 0 aliphatic carbocycles. The van der Waals surface area contributed by atoms with E-state index >= 15 is 0 Å². The van der Waals surface area contributed by atoms with Crippen LogP contribution in [0, 0.1) is 0 Å². The third-order valence-corrected chi connectivity index (χ3v) is 3.07. The number of carbonyl (C=O) groups excluding carboxylic acids is 1. The van der Waals surface area contributed by atoms with Gasteiger partial charge in [-0.2, -0.15) is 0 Å². The molecule has 0 spiro atoms. The monoisotopic (exact) mass is 296 g/mol. The first-order valence-electron chi connectivity index (χ1n) is 6.64. The van der Waals surface area contributed by atoms with Crippen LogP contribution in [0.2, 0.25) is 0 Å². The largest absolute Gasteiger partial charge is 0.481 e. The normalized spacial score (nSPS) is 15.6. The van der Waals surface area contributed by atoms with Crippen LogP contribution in [0.4, 0.5) is 0 Å². The lowest BCUT2D eigenvalue weighted by molar-refractivity contribution is -0.127. The predicted octanol–water partition coefficient (Wildman–Crippen LogP) is 1.91. The van der Waals surface area contributed by atoms with Crippen molar-refractivity contribution < 1.29 is 9.53 Å². The van der Waals surface area contributed by atoms with Crippen molar-refractivity contribution in [1.82, 2.24) is 10.6 Å². The summed E-state index contributed by atoms with van der Waals surface area (Å²) in [6.07, 6.45) is 2.64. The Bertz CT molecular complexity index is 448. The maximum atomic E-state index is 11.9. The minimum Gasteiger partial charge on any atom is -0.481 e. The predicted molar refractivity (Wildman–Crippen MR) is 82.4 cm³/mol. The van der Waals surface area contributed by atoms with E-state index in [1.165, 1.54) is 5.57 Å². The fourth-order valence-electron chi connectivity index (χ4n) is 1.93. The molecule has 0 saturated heterocycles. The first-order valence-corrected chi connectivity index (χ1v) is 6.64. The summed E-state index contributed by atoms with van der Waals surface area (Å²) in [7, 11) is 0. The number of carbonyl (C=O) groups is 1. The van der Waals surface area contributed by atoms with Crippen LogP contribution in [0.1, 0.15) is 13.3 Å². The van der Waals surface area contributed by atoms with E-state index < -0.39 is 6.10 Å². The molecular weight excluding hydrogens is 276 g/mol. The van der Waals surface area contributed by atoms with Gasteiger partial charge in [-0.25, -0.2) is 0 Å². The summed E-state index contributed by atoms with van der Waals surface area (Å²) in [4.78, 5) is 11.9. The SMILES string of the molecule is CC(Oc1ccccc1)C(=O)NCC1=CCNCC1.Cl. The van der Waals surface area contributed by atoms with Crippen molar-refractivity contribution in [3.8, 4) is 5.75 Å². The van der Waals surface area contributed by atoms with E-state index in [1.807, 2.05) is 30.3 Å². The molecule has 1 unspecified atom stereocenters. The molecule has 1 aliphatic heterocycles. The second-order valence-electron chi connectivity index (χ2n) is 4.61. The quantitative estimate of drug-likeness (QED) is 0.816. The van der Waals surface area contributed by atoms with Crippen molar-refractivity contribution in [2.24, 2.45) is 0 Å². The summed E-state index contributed by atoms with van der Waals surface area (Å²) >= 11 is 0. The Labute approximate surface area is 126 Å². The van der Waals surface area contributed by atoms with Crippen molar-refractivity contribution in [3.63, 3.8) is 0 Å². The van der Waals surface area contributed by atoms with Crippen molar-refractivity contribution in [2.75, 3.05) is 19.6 Å². The summed E-state index contributed by atoms with van der Waals surface area (Å²) in [6, 6.07) is 9.39. The fourth-order valence-corrected chi connectivity index (χ4v) is 1.93. The Kier molecular flexibility index (Phi) is 7.12. The number of benzene rings is 1. The molecule has 0 fully saturated rings. The first-order chi connectivity index (χ1) is 9.25. The molecule has 0 radical (unpaired) electrons. The average molecular weight is 297 g/mol.